The first-order valence-electron chi connectivity index (χ1n) is 7.92. The highest BCUT2D eigenvalue weighted by Gasteiger charge is 2.24. The highest BCUT2D eigenvalue weighted by Crippen LogP contribution is 2.22. The van der Waals surface area contributed by atoms with Crippen LogP contribution in [0.1, 0.15) is 11.7 Å². The van der Waals surface area contributed by atoms with E-state index in [1.165, 1.54) is 12.1 Å². The van der Waals surface area contributed by atoms with Gasteiger partial charge >= 0.3 is 0 Å². The van der Waals surface area contributed by atoms with Gasteiger partial charge in [-0.2, -0.15) is 0 Å². The molecule has 0 spiro atoms. The molecule has 1 aliphatic heterocycles. The molecular weight excluding hydrogens is 329 g/mol. The molecule has 1 atom stereocenters. The van der Waals surface area contributed by atoms with Crippen LogP contribution >= 0.6 is 0 Å². The minimum Gasteiger partial charge on any atom is -0.371 e. The van der Waals surface area contributed by atoms with E-state index >= 15 is 0 Å². The van der Waals surface area contributed by atoms with E-state index in [9.17, 15) is 12.8 Å². The van der Waals surface area contributed by atoms with Crippen molar-refractivity contribution < 1.29 is 17.5 Å². The predicted octanol–water partition coefficient (Wildman–Crippen LogP) is 2.67. The largest absolute Gasteiger partial charge is 0.371 e. The molecule has 128 valence electrons. The Labute approximate surface area is 141 Å². The highest BCUT2D eigenvalue weighted by molar-refractivity contribution is 7.91. The zero-order valence-electron chi connectivity index (χ0n) is 13.3. The third kappa shape index (κ3) is 4.20. The van der Waals surface area contributed by atoms with Crippen LogP contribution in [0, 0.1) is 5.82 Å². The van der Waals surface area contributed by atoms with Gasteiger partial charge in [0.15, 0.2) is 9.84 Å². The number of hydrogen-bond donors (Lipinski definition) is 0. The lowest BCUT2D eigenvalue weighted by Gasteiger charge is -2.33. The van der Waals surface area contributed by atoms with E-state index in [2.05, 4.69) is 4.90 Å². The number of nitrogens with zero attached hydrogens (tertiary/aromatic N) is 1. The van der Waals surface area contributed by atoms with Crippen LogP contribution in [0.3, 0.4) is 0 Å². The van der Waals surface area contributed by atoms with Gasteiger partial charge in [0.25, 0.3) is 0 Å². The van der Waals surface area contributed by atoms with Crippen LogP contribution in [-0.2, 0) is 14.6 Å². The standard InChI is InChI=1S/C18H20FNO3S/c19-16-8-6-15(7-9-16)18-14-20(10-12-23-18)11-13-24(21,22)17-4-2-1-3-5-17/h1-9,18H,10-14H2/t18-/m1/s1. The summed E-state index contributed by atoms with van der Waals surface area (Å²) in [7, 11) is -3.28. The molecule has 2 aromatic carbocycles. The molecule has 0 aromatic heterocycles. The van der Waals surface area contributed by atoms with Gasteiger partial charge in [-0.15, -0.1) is 0 Å². The van der Waals surface area contributed by atoms with Gasteiger partial charge < -0.3 is 4.74 Å². The quantitative estimate of drug-likeness (QED) is 0.833. The van der Waals surface area contributed by atoms with E-state index in [0.717, 1.165) is 5.56 Å². The fraction of sp³-hybridized carbons (Fsp3) is 0.333. The van der Waals surface area contributed by atoms with Gasteiger partial charge in [-0.3, -0.25) is 4.90 Å². The normalized spacial score (nSPS) is 19.3. The van der Waals surface area contributed by atoms with Crippen molar-refractivity contribution in [3.63, 3.8) is 0 Å². The Hall–Kier alpha value is -1.76. The number of hydrogen-bond acceptors (Lipinski definition) is 4. The zero-order valence-corrected chi connectivity index (χ0v) is 14.1. The van der Waals surface area contributed by atoms with Crippen molar-refractivity contribution in [1.29, 1.82) is 0 Å². The van der Waals surface area contributed by atoms with Crippen molar-refractivity contribution in [1.82, 2.24) is 4.90 Å². The molecule has 0 bridgehead atoms. The summed E-state index contributed by atoms with van der Waals surface area (Å²) in [5, 5.41) is 0. The van der Waals surface area contributed by atoms with Crippen molar-refractivity contribution >= 4 is 9.84 Å². The Balaban J connectivity index is 1.60. The lowest BCUT2D eigenvalue weighted by Crippen LogP contribution is -2.40. The van der Waals surface area contributed by atoms with Gasteiger partial charge in [-0.05, 0) is 29.8 Å². The van der Waals surface area contributed by atoms with Crippen LogP contribution in [-0.4, -0.2) is 45.3 Å². The Bertz CT molecular complexity index is 763. The molecule has 1 saturated heterocycles. The average Bonchev–Trinajstić information content (AvgIpc) is 2.62. The van der Waals surface area contributed by atoms with Gasteiger partial charge in [-0.1, -0.05) is 30.3 Å². The van der Waals surface area contributed by atoms with Gasteiger partial charge in [0.05, 0.1) is 23.4 Å². The highest BCUT2D eigenvalue weighted by atomic mass is 32.2. The van der Waals surface area contributed by atoms with Crippen LogP contribution in [0.25, 0.3) is 0 Å². The minimum atomic E-state index is -3.28. The predicted molar refractivity (Wildman–Crippen MR) is 90.0 cm³/mol. The number of rotatable bonds is 5. The number of sulfone groups is 1. The maximum atomic E-state index is 13.0. The van der Waals surface area contributed by atoms with Crippen molar-refractivity contribution in [2.75, 3.05) is 32.0 Å². The molecule has 3 rings (SSSR count). The fourth-order valence-electron chi connectivity index (χ4n) is 2.78. The molecule has 0 amide bonds. The second-order valence-corrected chi connectivity index (χ2v) is 7.95. The third-order valence-electron chi connectivity index (χ3n) is 4.17. The number of morpholine rings is 1. The molecule has 0 saturated carbocycles. The van der Waals surface area contributed by atoms with Crippen LogP contribution in [0.5, 0.6) is 0 Å². The van der Waals surface area contributed by atoms with E-state index in [0.29, 0.717) is 31.1 Å². The smallest absolute Gasteiger partial charge is 0.179 e. The first-order chi connectivity index (χ1) is 11.5. The van der Waals surface area contributed by atoms with Gasteiger partial charge in [-0.25, -0.2) is 12.8 Å². The van der Waals surface area contributed by atoms with Gasteiger partial charge in [0.1, 0.15) is 5.82 Å². The molecule has 0 radical (unpaired) electrons. The molecule has 0 aliphatic carbocycles. The van der Waals surface area contributed by atoms with Crippen molar-refractivity contribution in [2.45, 2.75) is 11.0 Å². The topological polar surface area (TPSA) is 46.6 Å². The minimum absolute atomic E-state index is 0.0765. The molecule has 4 nitrogen and oxygen atoms in total. The van der Waals surface area contributed by atoms with Gasteiger partial charge in [0.2, 0.25) is 0 Å². The molecular formula is C18H20FNO3S. The van der Waals surface area contributed by atoms with Crippen LogP contribution in [0.15, 0.2) is 59.5 Å². The molecule has 24 heavy (non-hydrogen) atoms. The van der Waals surface area contributed by atoms with E-state index < -0.39 is 9.84 Å². The Morgan fingerprint density at radius 1 is 1.08 bits per heavy atom. The summed E-state index contributed by atoms with van der Waals surface area (Å²) in [4.78, 5) is 2.44. The zero-order chi connectivity index (χ0) is 17.0. The summed E-state index contributed by atoms with van der Waals surface area (Å²) in [5.41, 5.74) is 0.909. The summed E-state index contributed by atoms with van der Waals surface area (Å²) in [6, 6.07) is 14.8. The Kier molecular flexibility index (Phi) is 5.28. The Morgan fingerprint density at radius 2 is 1.79 bits per heavy atom. The molecule has 2 aromatic rings. The fourth-order valence-corrected chi connectivity index (χ4v) is 4.09. The van der Waals surface area contributed by atoms with E-state index in [1.807, 2.05) is 0 Å². The number of halogens is 1. The summed E-state index contributed by atoms with van der Waals surface area (Å²) in [6.07, 6.45) is -0.154. The number of ether oxygens (including phenoxy) is 1. The maximum Gasteiger partial charge on any atom is 0.179 e. The molecule has 0 N–H and O–H groups in total. The Morgan fingerprint density at radius 3 is 2.50 bits per heavy atom. The van der Waals surface area contributed by atoms with Crippen molar-refractivity contribution in [3.8, 4) is 0 Å². The van der Waals surface area contributed by atoms with Crippen LogP contribution < -0.4 is 0 Å². The monoisotopic (exact) mass is 349 g/mol. The second kappa shape index (κ2) is 7.42. The van der Waals surface area contributed by atoms with Crippen molar-refractivity contribution in [3.05, 3.63) is 66.0 Å². The number of benzene rings is 2. The first kappa shape index (κ1) is 17.1. The van der Waals surface area contributed by atoms with Gasteiger partial charge in [0, 0.05) is 19.6 Å². The lowest BCUT2D eigenvalue weighted by atomic mass is 10.1. The van der Waals surface area contributed by atoms with Crippen LogP contribution in [0.2, 0.25) is 0 Å². The molecule has 6 heteroatoms. The summed E-state index contributed by atoms with van der Waals surface area (Å²) in [5.74, 6) is -0.201. The third-order valence-corrected chi connectivity index (χ3v) is 5.88. The van der Waals surface area contributed by atoms with E-state index in [4.69, 9.17) is 4.74 Å². The van der Waals surface area contributed by atoms with E-state index in [1.54, 1.807) is 42.5 Å². The van der Waals surface area contributed by atoms with Crippen LogP contribution in [0.4, 0.5) is 4.39 Å². The average molecular weight is 349 g/mol. The van der Waals surface area contributed by atoms with Crippen molar-refractivity contribution in [2.24, 2.45) is 0 Å². The first-order valence-corrected chi connectivity index (χ1v) is 9.57. The molecule has 1 fully saturated rings. The SMILES string of the molecule is O=S(=O)(CCN1CCO[C@@H](c2ccc(F)cc2)C1)c1ccccc1. The second-order valence-electron chi connectivity index (χ2n) is 5.84. The summed E-state index contributed by atoms with van der Waals surface area (Å²) >= 11 is 0. The lowest BCUT2D eigenvalue weighted by molar-refractivity contribution is -0.0279. The van der Waals surface area contributed by atoms with E-state index in [-0.39, 0.29) is 17.7 Å². The molecule has 1 aliphatic rings. The maximum absolute atomic E-state index is 13.0. The summed E-state index contributed by atoms with van der Waals surface area (Å²) < 4.78 is 43.5. The molecule has 0 unspecified atom stereocenters. The molecule has 1 heterocycles. The summed E-state index contributed by atoms with van der Waals surface area (Å²) in [6.45, 7) is 2.30.